The lowest BCUT2D eigenvalue weighted by molar-refractivity contribution is -0.136. The lowest BCUT2D eigenvalue weighted by Crippen LogP contribution is -2.19. The van der Waals surface area contributed by atoms with E-state index in [1.807, 2.05) is 13.0 Å². The molecule has 0 fully saturated rings. The Kier molecular flexibility index (Phi) is 5.48. The summed E-state index contributed by atoms with van der Waals surface area (Å²) in [5.74, 6) is -0.839. The first-order valence-electron chi connectivity index (χ1n) is 6.89. The van der Waals surface area contributed by atoms with Gasteiger partial charge in [-0.1, -0.05) is 19.1 Å². The fourth-order valence-electron chi connectivity index (χ4n) is 1.94. The van der Waals surface area contributed by atoms with Crippen LogP contribution >= 0.6 is 11.3 Å². The summed E-state index contributed by atoms with van der Waals surface area (Å²) in [7, 11) is 0. The van der Waals surface area contributed by atoms with Crippen LogP contribution in [0, 0.1) is 0 Å². The molecule has 0 saturated carbocycles. The molecule has 6 nitrogen and oxygen atoms in total. The van der Waals surface area contributed by atoms with Gasteiger partial charge in [0.25, 0.3) is 0 Å². The van der Waals surface area contributed by atoms with Crippen molar-refractivity contribution in [3.8, 4) is 0 Å². The van der Waals surface area contributed by atoms with Crippen LogP contribution in [-0.2, 0) is 17.6 Å². The Morgan fingerprint density at radius 3 is 2.86 bits per heavy atom. The summed E-state index contributed by atoms with van der Waals surface area (Å²) in [5, 5.41) is 14.9. The molecule has 2 aromatic rings. The molecule has 3 N–H and O–H groups in total. The molecule has 1 aromatic heterocycles. The van der Waals surface area contributed by atoms with Gasteiger partial charge < -0.3 is 10.4 Å². The van der Waals surface area contributed by atoms with Gasteiger partial charge in [-0.05, 0) is 30.5 Å². The SMILES string of the molecule is CCc1ncsc1NC(=O)Nc1cccc(CCC(=O)O)c1. The molecular formula is C15H17N3O3S. The number of thiazole rings is 1. The van der Waals surface area contributed by atoms with Gasteiger partial charge in [-0.25, -0.2) is 9.78 Å². The van der Waals surface area contributed by atoms with Crippen LogP contribution in [0.3, 0.4) is 0 Å². The average molecular weight is 319 g/mol. The first kappa shape index (κ1) is 16.0. The van der Waals surface area contributed by atoms with E-state index in [-0.39, 0.29) is 12.5 Å². The Bertz CT molecular complexity index is 670. The third-order valence-corrected chi connectivity index (χ3v) is 3.80. The van der Waals surface area contributed by atoms with Gasteiger partial charge in [0.05, 0.1) is 11.2 Å². The van der Waals surface area contributed by atoms with E-state index in [1.165, 1.54) is 11.3 Å². The lowest BCUT2D eigenvalue weighted by Gasteiger charge is -2.08. The number of hydrogen-bond donors (Lipinski definition) is 3. The standard InChI is InChI=1S/C15H17N3O3S/c1-2-12-14(22-9-16-12)18-15(21)17-11-5-3-4-10(8-11)6-7-13(19)20/h3-5,8-9H,2,6-7H2,1H3,(H,19,20)(H2,17,18,21). The summed E-state index contributed by atoms with van der Waals surface area (Å²) < 4.78 is 0. The summed E-state index contributed by atoms with van der Waals surface area (Å²) in [6, 6.07) is 6.82. The lowest BCUT2D eigenvalue weighted by atomic mass is 10.1. The van der Waals surface area contributed by atoms with Crippen LogP contribution in [0.15, 0.2) is 29.8 Å². The fraction of sp³-hybridized carbons (Fsp3) is 0.267. The van der Waals surface area contributed by atoms with E-state index >= 15 is 0 Å². The maximum absolute atomic E-state index is 12.0. The van der Waals surface area contributed by atoms with Gasteiger partial charge in [0.2, 0.25) is 0 Å². The zero-order valence-electron chi connectivity index (χ0n) is 12.1. The monoisotopic (exact) mass is 319 g/mol. The predicted octanol–water partition coefficient (Wildman–Crippen LogP) is 3.37. The number of benzene rings is 1. The molecule has 0 aliphatic rings. The number of carboxylic acid groups (broad SMARTS) is 1. The molecule has 0 bridgehead atoms. The molecule has 1 aromatic carbocycles. The summed E-state index contributed by atoms with van der Waals surface area (Å²) in [6.45, 7) is 1.98. The maximum Gasteiger partial charge on any atom is 0.324 e. The summed E-state index contributed by atoms with van der Waals surface area (Å²) >= 11 is 1.38. The van der Waals surface area contributed by atoms with Gasteiger partial charge in [-0.2, -0.15) is 0 Å². The Balaban J connectivity index is 1.96. The predicted molar refractivity (Wildman–Crippen MR) is 86.5 cm³/mol. The molecule has 1 heterocycles. The van der Waals surface area contributed by atoms with Crippen LogP contribution < -0.4 is 10.6 Å². The van der Waals surface area contributed by atoms with Crippen LogP contribution in [0.4, 0.5) is 15.5 Å². The number of rotatable bonds is 6. The highest BCUT2D eigenvalue weighted by Gasteiger charge is 2.09. The van der Waals surface area contributed by atoms with Gasteiger partial charge in [0.15, 0.2) is 0 Å². The molecule has 0 radical (unpaired) electrons. The summed E-state index contributed by atoms with van der Waals surface area (Å²) in [6.07, 6.45) is 1.25. The van der Waals surface area contributed by atoms with Crippen LogP contribution in [-0.4, -0.2) is 22.1 Å². The molecule has 2 rings (SSSR count). The van der Waals surface area contributed by atoms with E-state index < -0.39 is 5.97 Å². The van der Waals surface area contributed by atoms with E-state index in [9.17, 15) is 9.59 Å². The van der Waals surface area contributed by atoms with E-state index in [0.29, 0.717) is 12.1 Å². The number of anilines is 2. The molecule has 2 amide bonds. The van der Waals surface area contributed by atoms with E-state index in [1.54, 1.807) is 23.7 Å². The van der Waals surface area contributed by atoms with Crippen molar-refractivity contribution in [2.45, 2.75) is 26.2 Å². The minimum atomic E-state index is -0.839. The molecule has 116 valence electrons. The van der Waals surface area contributed by atoms with Crippen molar-refractivity contribution in [3.63, 3.8) is 0 Å². The smallest absolute Gasteiger partial charge is 0.324 e. The van der Waals surface area contributed by atoms with Crippen LogP contribution in [0.25, 0.3) is 0 Å². The summed E-state index contributed by atoms with van der Waals surface area (Å²) in [4.78, 5) is 26.7. The molecule has 0 saturated heterocycles. The first-order chi connectivity index (χ1) is 10.6. The number of aryl methyl sites for hydroxylation is 2. The normalized spacial score (nSPS) is 10.2. The minimum Gasteiger partial charge on any atom is -0.481 e. The number of carbonyl (C=O) groups excluding carboxylic acids is 1. The van der Waals surface area contributed by atoms with Crippen LogP contribution in [0.5, 0.6) is 0 Å². The number of urea groups is 1. The van der Waals surface area contributed by atoms with Gasteiger partial charge in [0, 0.05) is 12.1 Å². The quantitative estimate of drug-likeness (QED) is 0.761. The van der Waals surface area contributed by atoms with Gasteiger partial charge in [-0.3, -0.25) is 10.1 Å². The van der Waals surface area contributed by atoms with Gasteiger partial charge >= 0.3 is 12.0 Å². The number of nitrogens with zero attached hydrogens (tertiary/aromatic N) is 1. The molecule has 0 atom stereocenters. The number of carboxylic acids is 1. The number of hydrogen-bond acceptors (Lipinski definition) is 4. The highest BCUT2D eigenvalue weighted by molar-refractivity contribution is 7.14. The topological polar surface area (TPSA) is 91.3 Å². The third kappa shape index (κ3) is 4.56. The van der Waals surface area contributed by atoms with Crippen molar-refractivity contribution in [2.24, 2.45) is 0 Å². The Morgan fingerprint density at radius 2 is 2.14 bits per heavy atom. The Morgan fingerprint density at radius 1 is 1.32 bits per heavy atom. The number of carbonyl (C=O) groups is 2. The highest BCUT2D eigenvalue weighted by atomic mass is 32.1. The molecule has 0 spiro atoms. The molecule has 0 aliphatic carbocycles. The number of aromatic nitrogens is 1. The number of nitrogens with one attached hydrogen (secondary N) is 2. The van der Waals surface area contributed by atoms with Gasteiger partial charge in [-0.15, -0.1) is 11.3 Å². The second-order valence-corrected chi connectivity index (χ2v) is 5.51. The summed E-state index contributed by atoms with van der Waals surface area (Å²) in [5.41, 5.74) is 4.05. The first-order valence-corrected chi connectivity index (χ1v) is 7.77. The number of amides is 2. The second-order valence-electron chi connectivity index (χ2n) is 4.65. The number of aliphatic carboxylic acids is 1. The van der Waals surface area contributed by atoms with Crippen LogP contribution in [0.2, 0.25) is 0 Å². The van der Waals surface area contributed by atoms with E-state index in [2.05, 4.69) is 15.6 Å². The maximum atomic E-state index is 12.0. The van der Waals surface area contributed by atoms with Crippen molar-refractivity contribution in [2.75, 3.05) is 10.6 Å². The molecule has 22 heavy (non-hydrogen) atoms. The minimum absolute atomic E-state index is 0.0658. The Labute approximate surface area is 132 Å². The molecular weight excluding hydrogens is 302 g/mol. The third-order valence-electron chi connectivity index (χ3n) is 3.02. The Hall–Kier alpha value is -2.41. The zero-order valence-corrected chi connectivity index (χ0v) is 12.9. The average Bonchev–Trinajstić information content (AvgIpc) is 2.92. The molecule has 0 unspecified atom stereocenters. The largest absolute Gasteiger partial charge is 0.481 e. The molecule has 7 heteroatoms. The molecule has 0 aliphatic heterocycles. The van der Waals surface area contributed by atoms with E-state index in [0.717, 1.165) is 22.7 Å². The van der Waals surface area contributed by atoms with Gasteiger partial charge in [0.1, 0.15) is 5.00 Å². The van der Waals surface area contributed by atoms with Crippen molar-refractivity contribution >= 4 is 34.0 Å². The van der Waals surface area contributed by atoms with Crippen molar-refractivity contribution in [1.82, 2.24) is 4.98 Å². The zero-order chi connectivity index (χ0) is 15.9. The van der Waals surface area contributed by atoms with Crippen LogP contribution in [0.1, 0.15) is 24.6 Å². The van der Waals surface area contributed by atoms with E-state index in [4.69, 9.17) is 5.11 Å². The highest BCUT2D eigenvalue weighted by Crippen LogP contribution is 2.21. The van der Waals surface area contributed by atoms with Crippen molar-refractivity contribution in [1.29, 1.82) is 0 Å². The fourth-order valence-corrected chi connectivity index (χ4v) is 2.71. The van der Waals surface area contributed by atoms with Crippen molar-refractivity contribution in [3.05, 3.63) is 41.0 Å². The second kappa shape index (κ2) is 7.56. The van der Waals surface area contributed by atoms with Crippen molar-refractivity contribution < 1.29 is 14.7 Å².